The van der Waals surface area contributed by atoms with Crippen LogP contribution in [0.4, 0.5) is 4.79 Å². The molecule has 0 heterocycles. The number of hydrogen-bond acceptors (Lipinski definition) is 3. The molecule has 94 valence electrons. The summed E-state index contributed by atoms with van der Waals surface area (Å²) < 4.78 is 10.0. The first-order valence-corrected chi connectivity index (χ1v) is 5.40. The van der Waals surface area contributed by atoms with E-state index in [9.17, 15) is 4.79 Å². The standard InChI is InChI=1S/C12H18N2O3/c1-16-8-7-13-12(15)14-9-10-5-3-4-6-11(10)17-2/h3-6H,7-9H2,1-2H3,(H2,13,14,15). The van der Waals surface area contributed by atoms with Crippen LogP contribution in [-0.2, 0) is 11.3 Å². The molecule has 2 amide bonds. The predicted molar refractivity (Wildman–Crippen MR) is 65.1 cm³/mol. The molecule has 0 spiro atoms. The van der Waals surface area contributed by atoms with E-state index in [-0.39, 0.29) is 6.03 Å². The fourth-order valence-corrected chi connectivity index (χ4v) is 1.35. The van der Waals surface area contributed by atoms with Gasteiger partial charge in [-0.1, -0.05) is 18.2 Å². The second-order valence-electron chi connectivity index (χ2n) is 3.41. The minimum atomic E-state index is -0.215. The first-order valence-electron chi connectivity index (χ1n) is 5.40. The number of urea groups is 1. The second kappa shape index (κ2) is 7.51. The first-order chi connectivity index (χ1) is 8.27. The molecule has 5 nitrogen and oxygen atoms in total. The zero-order valence-electron chi connectivity index (χ0n) is 10.2. The van der Waals surface area contributed by atoms with E-state index in [1.54, 1.807) is 14.2 Å². The average molecular weight is 238 g/mol. The van der Waals surface area contributed by atoms with E-state index < -0.39 is 0 Å². The van der Waals surface area contributed by atoms with Gasteiger partial charge < -0.3 is 20.1 Å². The zero-order valence-corrected chi connectivity index (χ0v) is 10.2. The van der Waals surface area contributed by atoms with Gasteiger partial charge in [-0.25, -0.2) is 4.79 Å². The summed E-state index contributed by atoms with van der Waals surface area (Å²) in [4.78, 5) is 11.4. The Morgan fingerprint density at radius 2 is 2.00 bits per heavy atom. The molecule has 1 rings (SSSR count). The van der Waals surface area contributed by atoms with Crippen molar-refractivity contribution in [1.82, 2.24) is 10.6 Å². The van der Waals surface area contributed by atoms with Crippen LogP contribution in [0.5, 0.6) is 5.75 Å². The molecular formula is C12H18N2O3. The molecule has 0 unspecified atom stereocenters. The van der Waals surface area contributed by atoms with Crippen LogP contribution in [0.25, 0.3) is 0 Å². The van der Waals surface area contributed by atoms with Crippen molar-refractivity contribution in [2.45, 2.75) is 6.54 Å². The Balaban J connectivity index is 2.36. The van der Waals surface area contributed by atoms with E-state index >= 15 is 0 Å². The molecule has 0 fully saturated rings. The molecule has 1 aromatic rings. The van der Waals surface area contributed by atoms with Crippen molar-refractivity contribution in [3.63, 3.8) is 0 Å². The van der Waals surface area contributed by atoms with Crippen molar-refractivity contribution in [3.05, 3.63) is 29.8 Å². The third-order valence-corrected chi connectivity index (χ3v) is 2.22. The maximum atomic E-state index is 11.4. The number of carbonyl (C=O) groups is 1. The molecule has 0 saturated heterocycles. The molecule has 0 aliphatic carbocycles. The minimum Gasteiger partial charge on any atom is -0.496 e. The topological polar surface area (TPSA) is 59.6 Å². The van der Waals surface area contributed by atoms with E-state index in [1.165, 1.54) is 0 Å². The van der Waals surface area contributed by atoms with Crippen LogP contribution >= 0.6 is 0 Å². The smallest absolute Gasteiger partial charge is 0.315 e. The minimum absolute atomic E-state index is 0.215. The Kier molecular flexibility index (Phi) is 5.88. The van der Waals surface area contributed by atoms with E-state index in [0.717, 1.165) is 11.3 Å². The van der Waals surface area contributed by atoms with Crippen molar-refractivity contribution in [3.8, 4) is 5.75 Å². The highest BCUT2D eigenvalue weighted by Gasteiger charge is 2.03. The van der Waals surface area contributed by atoms with Gasteiger partial charge in [-0.3, -0.25) is 0 Å². The molecule has 0 atom stereocenters. The molecular weight excluding hydrogens is 220 g/mol. The molecule has 0 bridgehead atoms. The van der Waals surface area contributed by atoms with Crippen molar-refractivity contribution in [2.24, 2.45) is 0 Å². The van der Waals surface area contributed by atoms with Gasteiger partial charge in [0.15, 0.2) is 0 Å². The summed E-state index contributed by atoms with van der Waals surface area (Å²) >= 11 is 0. The van der Waals surface area contributed by atoms with Crippen LogP contribution in [0.15, 0.2) is 24.3 Å². The number of para-hydroxylation sites is 1. The van der Waals surface area contributed by atoms with Gasteiger partial charge in [0.05, 0.1) is 13.7 Å². The van der Waals surface area contributed by atoms with Crippen LogP contribution in [0.1, 0.15) is 5.56 Å². The van der Waals surface area contributed by atoms with Gasteiger partial charge in [0.25, 0.3) is 0 Å². The fourth-order valence-electron chi connectivity index (χ4n) is 1.35. The molecule has 1 aromatic carbocycles. The quantitative estimate of drug-likeness (QED) is 0.731. The number of hydrogen-bond donors (Lipinski definition) is 2. The lowest BCUT2D eigenvalue weighted by Gasteiger charge is -2.10. The third kappa shape index (κ3) is 4.74. The van der Waals surface area contributed by atoms with Crippen LogP contribution in [0.3, 0.4) is 0 Å². The zero-order chi connectivity index (χ0) is 12.5. The maximum Gasteiger partial charge on any atom is 0.315 e. The van der Waals surface area contributed by atoms with Crippen molar-refractivity contribution >= 4 is 6.03 Å². The summed E-state index contributed by atoms with van der Waals surface area (Å²) in [5.74, 6) is 0.768. The maximum absolute atomic E-state index is 11.4. The Bertz CT molecular complexity index is 355. The lowest BCUT2D eigenvalue weighted by molar-refractivity contribution is 0.196. The van der Waals surface area contributed by atoms with Crippen LogP contribution < -0.4 is 15.4 Å². The van der Waals surface area contributed by atoms with Gasteiger partial charge >= 0.3 is 6.03 Å². The lowest BCUT2D eigenvalue weighted by atomic mass is 10.2. The summed E-state index contributed by atoms with van der Waals surface area (Å²) in [6.07, 6.45) is 0. The van der Waals surface area contributed by atoms with Crippen molar-refractivity contribution in [2.75, 3.05) is 27.4 Å². The lowest BCUT2D eigenvalue weighted by Crippen LogP contribution is -2.36. The van der Waals surface area contributed by atoms with Gasteiger partial charge in [0.2, 0.25) is 0 Å². The predicted octanol–water partition coefficient (Wildman–Crippen LogP) is 1.14. The Labute approximate surface area is 101 Å². The van der Waals surface area contributed by atoms with Gasteiger partial charge in [-0.15, -0.1) is 0 Å². The molecule has 0 aliphatic rings. The van der Waals surface area contributed by atoms with Gasteiger partial charge in [0, 0.05) is 25.8 Å². The molecule has 2 N–H and O–H groups in total. The first kappa shape index (κ1) is 13.3. The van der Waals surface area contributed by atoms with Crippen LogP contribution in [0.2, 0.25) is 0 Å². The van der Waals surface area contributed by atoms with E-state index in [2.05, 4.69) is 10.6 Å². The van der Waals surface area contributed by atoms with Crippen LogP contribution in [0, 0.1) is 0 Å². The molecule has 0 aromatic heterocycles. The largest absolute Gasteiger partial charge is 0.496 e. The number of ether oxygens (including phenoxy) is 2. The fraction of sp³-hybridized carbons (Fsp3) is 0.417. The molecule has 17 heavy (non-hydrogen) atoms. The molecule has 0 aliphatic heterocycles. The monoisotopic (exact) mass is 238 g/mol. The highest BCUT2D eigenvalue weighted by atomic mass is 16.5. The second-order valence-corrected chi connectivity index (χ2v) is 3.41. The molecule has 5 heteroatoms. The Hall–Kier alpha value is -1.75. The van der Waals surface area contributed by atoms with Gasteiger partial charge in [-0.05, 0) is 6.07 Å². The summed E-state index contributed by atoms with van der Waals surface area (Å²) in [5.41, 5.74) is 0.942. The van der Waals surface area contributed by atoms with E-state index in [4.69, 9.17) is 9.47 Å². The van der Waals surface area contributed by atoms with Crippen molar-refractivity contribution < 1.29 is 14.3 Å². The van der Waals surface area contributed by atoms with Gasteiger partial charge in [-0.2, -0.15) is 0 Å². The highest BCUT2D eigenvalue weighted by Crippen LogP contribution is 2.16. The number of carbonyl (C=O) groups excluding carboxylic acids is 1. The number of benzene rings is 1. The number of methoxy groups -OCH3 is 2. The third-order valence-electron chi connectivity index (χ3n) is 2.22. The Morgan fingerprint density at radius 1 is 1.24 bits per heavy atom. The number of amides is 2. The van der Waals surface area contributed by atoms with Crippen molar-refractivity contribution in [1.29, 1.82) is 0 Å². The number of rotatable bonds is 6. The normalized spacial score (nSPS) is 9.76. The van der Waals surface area contributed by atoms with E-state index in [1.807, 2.05) is 24.3 Å². The SMILES string of the molecule is COCCNC(=O)NCc1ccccc1OC. The highest BCUT2D eigenvalue weighted by molar-refractivity contribution is 5.73. The summed E-state index contributed by atoms with van der Waals surface area (Å²) in [6.45, 7) is 1.43. The van der Waals surface area contributed by atoms with E-state index in [0.29, 0.717) is 19.7 Å². The summed E-state index contributed by atoms with van der Waals surface area (Å²) in [5, 5.41) is 5.42. The summed E-state index contributed by atoms with van der Waals surface area (Å²) in [6, 6.07) is 7.35. The average Bonchev–Trinajstić information content (AvgIpc) is 2.37. The summed E-state index contributed by atoms with van der Waals surface area (Å²) in [7, 11) is 3.20. The molecule has 0 radical (unpaired) electrons. The van der Waals surface area contributed by atoms with Gasteiger partial charge in [0.1, 0.15) is 5.75 Å². The Morgan fingerprint density at radius 3 is 2.71 bits per heavy atom. The molecule has 0 saturated carbocycles. The number of nitrogens with one attached hydrogen (secondary N) is 2. The van der Waals surface area contributed by atoms with Crippen LogP contribution in [-0.4, -0.2) is 33.4 Å².